The van der Waals surface area contributed by atoms with Gasteiger partial charge in [0.25, 0.3) is 5.91 Å². The van der Waals surface area contributed by atoms with Crippen LogP contribution in [0.1, 0.15) is 21.7 Å². The van der Waals surface area contributed by atoms with Crippen molar-refractivity contribution in [1.29, 1.82) is 0 Å². The molecule has 1 amide bonds. The van der Waals surface area contributed by atoms with Gasteiger partial charge in [-0.3, -0.25) is 4.79 Å². The molecule has 0 unspecified atom stereocenters. The van der Waals surface area contributed by atoms with E-state index in [9.17, 15) is 4.79 Å². The Labute approximate surface area is 147 Å². The van der Waals surface area contributed by atoms with Crippen LogP contribution in [0.2, 0.25) is 0 Å². The lowest BCUT2D eigenvalue weighted by Crippen LogP contribution is -2.14. The second-order valence-electron chi connectivity index (χ2n) is 5.06. The monoisotopic (exact) mass is 419 g/mol. The zero-order chi connectivity index (χ0) is 16.4. The van der Waals surface area contributed by atoms with Gasteiger partial charge in [0.1, 0.15) is 12.1 Å². The molecule has 1 N–H and O–H groups in total. The molecule has 0 radical (unpaired) electrons. The maximum Gasteiger partial charge on any atom is 0.256 e. The molecule has 0 saturated heterocycles. The summed E-state index contributed by atoms with van der Waals surface area (Å²) in [6, 6.07) is 11.0. The lowest BCUT2D eigenvalue weighted by atomic mass is 10.2. The zero-order valence-corrected chi connectivity index (χ0v) is 14.8. The van der Waals surface area contributed by atoms with Gasteiger partial charge in [-0.25, -0.2) is 14.6 Å². The van der Waals surface area contributed by atoms with Crippen LogP contribution < -0.4 is 5.32 Å². The summed E-state index contributed by atoms with van der Waals surface area (Å²) in [6.45, 7) is 3.87. The summed E-state index contributed by atoms with van der Waals surface area (Å²) < 4.78 is 2.80. The number of carbonyl (C=O) groups is 1. The van der Waals surface area contributed by atoms with E-state index >= 15 is 0 Å². The number of anilines is 1. The van der Waals surface area contributed by atoms with E-state index in [1.807, 2.05) is 32.0 Å². The van der Waals surface area contributed by atoms with E-state index in [2.05, 4.69) is 43.0 Å². The van der Waals surface area contributed by atoms with Gasteiger partial charge in [-0.05, 0) is 66.8 Å². The largest absolute Gasteiger partial charge is 0.306 e. The number of benzene rings is 1. The summed E-state index contributed by atoms with van der Waals surface area (Å²) in [5.41, 5.74) is 2.46. The molecule has 23 heavy (non-hydrogen) atoms. The van der Waals surface area contributed by atoms with Crippen molar-refractivity contribution in [2.24, 2.45) is 0 Å². The van der Waals surface area contributed by atoms with Crippen molar-refractivity contribution in [2.45, 2.75) is 13.8 Å². The SMILES string of the molecule is Cc1cc(C)n(-c2cc(NC(=O)c3ccc(I)cc3)ncn2)n1. The second-order valence-corrected chi connectivity index (χ2v) is 6.31. The number of aryl methyl sites for hydroxylation is 2. The zero-order valence-electron chi connectivity index (χ0n) is 12.6. The Morgan fingerprint density at radius 1 is 1.13 bits per heavy atom. The van der Waals surface area contributed by atoms with Gasteiger partial charge in [0, 0.05) is 20.9 Å². The second kappa shape index (κ2) is 6.45. The Kier molecular flexibility index (Phi) is 4.37. The molecule has 0 fully saturated rings. The van der Waals surface area contributed by atoms with Crippen LogP contribution in [0.5, 0.6) is 0 Å². The first-order valence-corrected chi connectivity index (χ1v) is 8.03. The Balaban J connectivity index is 1.84. The highest BCUT2D eigenvalue weighted by Gasteiger charge is 2.10. The molecule has 0 aliphatic carbocycles. The number of carbonyl (C=O) groups excluding carboxylic acids is 1. The van der Waals surface area contributed by atoms with Crippen LogP contribution in [0.25, 0.3) is 5.82 Å². The third kappa shape index (κ3) is 3.55. The molecule has 0 spiro atoms. The minimum absolute atomic E-state index is 0.209. The minimum atomic E-state index is -0.209. The first kappa shape index (κ1) is 15.6. The fourth-order valence-electron chi connectivity index (χ4n) is 2.18. The topological polar surface area (TPSA) is 72.7 Å². The first-order chi connectivity index (χ1) is 11.0. The Bertz CT molecular complexity index is 857. The van der Waals surface area contributed by atoms with E-state index in [0.29, 0.717) is 17.2 Å². The fraction of sp³-hybridized carbons (Fsp3) is 0.125. The standard InChI is InChI=1S/C16H14IN5O/c1-10-7-11(2)22(21-10)15-8-14(18-9-19-15)20-16(23)12-3-5-13(17)6-4-12/h3-9H,1-2H3,(H,18,19,20,23). The summed E-state index contributed by atoms with van der Waals surface area (Å²) in [7, 11) is 0. The molecule has 0 aliphatic heterocycles. The van der Waals surface area contributed by atoms with Gasteiger partial charge in [0.15, 0.2) is 5.82 Å². The third-order valence-electron chi connectivity index (χ3n) is 3.23. The number of nitrogens with one attached hydrogen (secondary N) is 1. The summed E-state index contributed by atoms with van der Waals surface area (Å²) in [5, 5.41) is 7.16. The molecule has 2 heterocycles. The van der Waals surface area contributed by atoms with Gasteiger partial charge in [-0.15, -0.1) is 0 Å². The molecule has 3 rings (SSSR count). The molecule has 1 aromatic carbocycles. The lowest BCUT2D eigenvalue weighted by Gasteiger charge is -2.07. The van der Waals surface area contributed by atoms with Crippen LogP contribution in [0.15, 0.2) is 42.7 Å². The number of hydrogen-bond donors (Lipinski definition) is 1. The summed E-state index contributed by atoms with van der Waals surface area (Å²) in [4.78, 5) is 20.6. The van der Waals surface area contributed by atoms with E-state index in [1.165, 1.54) is 6.33 Å². The number of amides is 1. The predicted octanol–water partition coefficient (Wildman–Crippen LogP) is 3.14. The predicted molar refractivity (Wildman–Crippen MR) is 95.7 cm³/mol. The molecular weight excluding hydrogens is 405 g/mol. The van der Waals surface area contributed by atoms with Crippen LogP contribution in [0, 0.1) is 17.4 Å². The summed E-state index contributed by atoms with van der Waals surface area (Å²) in [5.74, 6) is 0.842. The van der Waals surface area contributed by atoms with Crippen molar-refractivity contribution in [2.75, 3.05) is 5.32 Å². The average molecular weight is 419 g/mol. The third-order valence-corrected chi connectivity index (χ3v) is 3.95. The van der Waals surface area contributed by atoms with E-state index < -0.39 is 0 Å². The van der Waals surface area contributed by atoms with Crippen molar-refractivity contribution in [1.82, 2.24) is 19.7 Å². The van der Waals surface area contributed by atoms with Crippen molar-refractivity contribution >= 4 is 34.3 Å². The Morgan fingerprint density at radius 2 is 1.87 bits per heavy atom. The number of rotatable bonds is 3. The van der Waals surface area contributed by atoms with Crippen molar-refractivity contribution < 1.29 is 4.79 Å². The van der Waals surface area contributed by atoms with Crippen molar-refractivity contribution in [3.05, 3.63) is 63.2 Å². The number of aromatic nitrogens is 4. The minimum Gasteiger partial charge on any atom is -0.306 e. The molecular formula is C16H14IN5O. The van der Waals surface area contributed by atoms with Crippen LogP contribution in [-0.4, -0.2) is 25.7 Å². The van der Waals surface area contributed by atoms with E-state index in [-0.39, 0.29) is 5.91 Å². The molecule has 6 nitrogen and oxygen atoms in total. The van der Waals surface area contributed by atoms with Crippen LogP contribution in [0.3, 0.4) is 0 Å². The van der Waals surface area contributed by atoms with Gasteiger partial charge in [0.2, 0.25) is 0 Å². The Hall–Kier alpha value is -2.29. The first-order valence-electron chi connectivity index (χ1n) is 6.95. The molecule has 0 atom stereocenters. The van der Waals surface area contributed by atoms with E-state index in [1.54, 1.807) is 22.9 Å². The molecule has 116 valence electrons. The molecule has 3 aromatic rings. The molecule has 0 bridgehead atoms. The maximum absolute atomic E-state index is 12.2. The normalized spacial score (nSPS) is 10.6. The Morgan fingerprint density at radius 3 is 2.52 bits per heavy atom. The number of nitrogens with zero attached hydrogens (tertiary/aromatic N) is 4. The van der Waals surface area contributed by atoms with Crippen LogP contribution in [-0.2, 0) is 0 Å². The molecule has 7 heteroatoms. The van der Waals surface area contributed by atoms with Gasteiger partial charge in [-0.2, -0.15) is 5.10 Å². The van der Waals surface area contributed by atoms with Gasteiger partial charge >= 0.3 is 0 Å². The average Bonchev–Trinajstić information content (AvgIpc) is 2.87. The fourth-order valence-corrected chi connectivity index (χ4v) is 2.54. The highest BCUT2D eigenvalue weighted by Crippen LogP contribution is 2.14. The molecule has 0 saturated carbocycles. The van der Waals surface area contributed by atoms with Crippen molar-refractivity contribution in [3.63, 3.8) is 0 Å². The summed E-state index contributed by atoms with van der Waals surface area (Å²) >= 11 is 2.20. The van der Waals surface area contributed by atoms with E-state index in [0.717, 1.165) is 15.0 Å². The van der Waals surface area contributed by atoms with Crippen LogP contribution in [0.4, 0.5) is 5.82 Å². The highest BCUT2D eigenvalue weighted by molar-refractivity contribution is 14.1. The van der Waals surface area contributed by atoms with Gasteiger partial charge in [0.05, 0.1) is 5.69 Å². The number of hydrogen-bond acceptors (Lipinski definition) is 4. The number of halogens is 1. The van der Waals surface area contributed by atoms with Crippen LogP contribution >= 0.6 is 22.6 Å². The van der Waals surface area contributed by atoms with E-state index in [4.69, 9.17) is 0 Å². The molecule has 0 aliphatic rings. The lowest BCUT2D eigenvalue weighted by molar-refractivity contribution is 0.102. The highest BCUT2D eigenvalue weighted by atomic mass is 127. The van der Waals surface area contributed by atoms with Gasteiger partial charge < -0.3 is 5.32 Å². The maximum atomic E-state index is 12.2. The smallest absolute Gasteiger partial charge is 0.256 e. The molecule has 2 aromatic heterocycles. The quantitative estimate of drug-likeness (QED) is 0.663. The summed E-state index contributed by atoms with van der Waals surface area (Å²) in [6.07, 6.45) is 1.41. The van der Waals surface area contributed by atoms with Crippen molar-refractivity contribution in [3.8, 4) is 5.82 Å². The van der Waals surface area contributed by atoms with Gasteiger partial charge in [-0.1, -0.05) is 0 Å².